The number of hydrogen-bond acceptors (Lipinski definition) is 3. The highest BCUT2D eigenvalue weighted by molar-refractivity contribution is 7.26. The highest BCUT2D eigenvalue weighted by Crippen LogP contribution is 2.58. The number of aromatic nitrogens is 3. The zero-order chi connectivity index (χ0) is 36.5. The summed E-state index contributed by atoms with van der Waals surface area (Å²) in [7, 11) is 0. The fourth-order valence-corrected chi connectivity index (χ4v) is 11.1. The van der Waals surface area contributed by atoms with Gasteiger partial charge in [-0.15, -0.1) is 11.3 Å². The third-order valence-corrected chi connectivity index (χ3v) is 13.5. The fraction of sp³-hybridized carbons (Fsp3) is 0.0385. The van der Waals surface area contributed by atoms with Crippen molar-refractivity contribution >= 4 is 64.2 Å². The predicted molar refractivity (Wildman–Crippen MR) is 234 cm³/mol. The molecule has 0 spiro atoms. The molecule has 0 fully saturated rings. The molecule has 0 amide bonds. The van der Waals surface area contributed by atoms with Gasteiger partial charge in [-0.1, -0.05) is 152 Å². The van der Waals surface area contributed by atoms with Gasteiger partial charge in [0.1, 0.15) is 0 Å². The number of thiophene rings is 1. The van der Waals surface area contributed by atoms with Crippen LogP contribution < -0.4 is 0 Å². The van der Waals surface area contributed by atoms with E-state index in [-0.39, 0.29) is 5.92 Å². The van der Waals surface area contributed by atoms with Crippen LogP contribution >= 0.6 is 11.3 Å². The fourth-order valence-electron chi connectivity index (χ4n) is 9.94. The molecule has 56 heavy (non-hydrogen) atoms. The van der Waals surface area contributed by atoms with E-state index in [0.29, 0.717) is 5.95 Å². The minimum atomic E-state index is 0.272. The Labute approximate surface area is 326 Å². The number of hydrogen-bond donors (Lipinski definition) is 0. The summed E-state index contributed by atoms with van der Waals surface area (Å²) in [5, 5.41) is 6.23. The summed E-state index contributed by atoms with van der Waals surface area (Å²) in [6, 6.07) is 62.1. The minimum Gasteiger partial charge on any atom is -0.277 e. The summed E-state index contributed by atoms with van der Waals surface area (Å²) < 4.78 is 4.71. The molecule has 3 nitrogen and oxygen atoms in total. The van der Waals surface area contributed by atoms with Gasteiger partial charge in [-0.05, 0) is 79.9 Å². The van der Waals surface area contributed by atoms with Gasteiger partial charge in [0.2, 0.25) is 5.95 Å². The van der Waals surface area contributed by atoms with Crippen molar-refractivity contribution in [2.45, 2.75) is 12.3 Å². The lowest BCUT2D eigenvalue weighted by molar-refractivity contribution is 0.821. The maximum absolute atomic E-state index is 5.63. The van der Waals surface area contributed by atoms with E-state index >= 15 is 0 Å². The SMILES string of the molecule is c1ccc(-c2ccc(-c3nc(-n4c5ccccc5c5cc6c7c(c54)-c4ccc5ccccc5c4CC7c4ccccc4-6)nc4c3sc3ccccc34)cc2)cc1. The predicted octanol–water partition coefficient (Wildman–Crippen LogP) is 13.8. The van der Waals surface area contributed by atoms with Crippen LogP contribution in [0.5, 0.6) is 0 Å². The van der Waals surface area contributed by atoms with E-state index in [4.69, 9.17) is 9.97 Å². The van der Waals surface area contributed by atoms with Gasteiger partial charge in [-0.3, -0.25) is 4.57 Å². The highest BCUT2D eigenvalue weighted by atomic mass is 32.1. The van der Waals surface area contributed by atoms with Crippen molar-refractivity contribution in [1.82, 2.24) is 14.5 Å². The van der Waals surface area contributed by atoms with Crippen LogP contribution in [0, 0.1) is 0 Å². The van der Waals surface area contributed by atoms with Gasteiger partial charge in [-0.2, -0.15) is 0 Å². The Balaban J connectivity index is 1.16. The van der Waals surface area contributed by atoms with E-state index in [9.17, 15) is 0 Å². The molecule has 13 rings (SSSR count). The van der Waals surface area contributed by atoms with E-state index in [2.05, 4.69) is 174 Å². The van der Waals surface area contributed by atoms with Gasteiger partial charge in [-0.25, -0.2) is 9.97 Å². The van der Waals surface area contributed by atoms with Crippen molar-refractivity contribution in [3.8, 4) is 50.6 Å². The molecule has 3 aromatic heterocycles. The molecule has 8 aromatic carbocycles. The molecule has 4 heteroatoms. The van der Waals surface area contributed by atoms with E-state index < -0.39 is 0 Å². The number of rotatable bonds is 3. The molecule has 11 aromatic rings. The quantitative estimate of drug-likeness (QED) is 0.181. The molecule has 2 aliphatic carbocycles. The number of fused-ring (bicyclic) bond motifs is 14. The van der Waals surface area contributed by atoms with Crippen molar-refractivity contribution < 1.29 is 0 Å². The van der Waals surface area contributed by atoms with E-state index in [1.54, 1.807) is 11.3 Å². The third kappa shape index (κ3) is 4.11. The first-order chi connectivity index (χ1) is 27.8. The second-order valence-corrected chi connectivity index (χ2v) is 16.3. The smallest absolute Gasteiger partial charge is 0.235 e. The van der Waals surface area contributed by atoms with Crippen LogP contribution in [0.3, 0.4) is 0 Å². The number of para-hydroxylation sites is 1. The van der Waals surface area contributed by atoms with Crippen LogP contribution in [0.2, 0.25) is 0 Å². The zero-order valence-electron chi connectivity index (χ0n) is 30.2. The average molecular weight is 730 g/mol. The van der Waals surface area contributed by atoms with Crippen molar-refractivity contribution in [3.05, 3.63) is 187 Å². The summed E-state index contributed by atoms with van der Waals surface area (Å²) in [6.45, 7) is 0. The average Bonchev–Trinajstić information content (AvgIpc) is 3.92. The van der Waals surface area contributed by atoms with Crippen LogP contribution in [0.25, 0.3) is 103 Å². The Hall–Kier alpha value is -6.88. The lowest BCUT2D eigenvalue weighted by Crippen LogP contribution is -2.12. The summed E-state index contributed by atoms with van der Waals surface area (Å²) in [5.41, 5.74) is 17.4. The maximum atomic E-state index is 5.63. The van der Waals surface area contributed by atoms with Crippen molar-refractivity contribution in [1.29, 1.82) is 0 Å². The van der Waals surface area contributed by atoms with Crippen LogP contribution in [0.1, 0.15) is 22.6 Å². The largest absolute Gasteiger partial charge is 0.277 e. The Bertz CT molecular complexity index is 3450. The Morgan fingerprint density at radius 3 is 2.14 bits per heavy atom. The Morgan fingerprint density at radius 1 is 0.536 bits per heavy atom. The van der Waals surface area contributed by atoms with Gasteiger partial charge in [0.15, 0.2) is 0 Å². The topological polar surface area (TPSA) is 30.7 Å². The van der Waals surface area contributed by atoms with Crippen molar-refractivity contribution in [2.24, 2.45) is 0 Å². The summed E-state index contributed by atoms with van der Waals surface area (Å²) in [5.74, 6) is 0.971. The maximum Gasteiger partial charge on any atom is 0.235 e. The number of nitrogens with zero attached hydrogens (tertiary/aromatic N) is 3. The van der Waals surface area contributed by atoms with E-state index in [0.717, 1.165) is 38.8 Å². The molecular weight excluding hydrogens is 699 g/mol. The van der Waals surface area contributed by atoms with Crippen molar-refractivity contribution in [2.75, 3.05) is 0 Å². The second kappa shape index (κ2) is 11.3. The first kappa shape index (κ1) is 30.4. The second-order valence-electron chi connectivity index (χ2n) is 15.2. The monoisotopic (exact) mass is 729 g/mol. The van der Waals surface area contributed by atoms with Crippen molar-refractivity contribution in [3.63, 3.8) is 0 Å². The standard InChI is InChI=1S/C52H31N3S/c1-2-12-30(13-3-1)31-22-24-33(25-23-31)48-51-49(39-19-9-11-21-45(39)56-51)54-52(53-48)55-44-20-10-8-18-37(44)43-29-42-36-17-7-6-16-35(36)41-28-40-34-15-5-4-14-32(34)26-27-38(40)47(46(41)42)50(43)55/h1-27,29,41H,28H2. The van der Waals surface area contributed by atoms with Crippen LogP contribution in [-0.4, -0.2) is 14.5 Å². The Kier molecular flexibility index (Phi) is 6.16. The lowest BCUT2D eigenvalue weighted by Gasteiger charge is -2.28. The lowest BCUT2D eigenvalue weighted by atomic mass is 9.76. The summed E-state index contributed by atoms with van der Waals surface area (Å²) in [6.07, 6.45) is 0.978. The number of benzene rings is 8. The summed E-state index contributed by atoms with van der Waals surface area (Å²) >= 11 is 1.78. The molecular formula is C52H31N3S. The molecule has 2 aliphatic rings. The molecule has 0 aliphatic heterocycles. The molecule has 0 saturated carbocycles. The molecule has 0 N–H and O–H groups in total. The Morgan fingerprint density at radius 2 is 1.25 bits per heavy atom. The van der Waals surface area contributed by atoms with E-state index in [1.165, 1.54) is 81.8 Å². The van der Waals surface area contributed by atoms with Gasteiger partial charge < -0.3 is 0 Å². The van der Waals surface area contributed by atoms with Crippen LogP contribution in [0.15, 0.2) is 170 Å². The molecule has 1 unspecified atom stereocenters. The molecule has 260 valence electrons. The van der Waals surface area contributed by atoms with Gasteiger partial charge in [0.05, 0.1) is 26.9 Å². The zero-order valence-corrected chi connectivity index (χ0v) is 31.0. The van der Waals surface area contributed by atoms with Crippen LogP contribution in [0.4, 0.5) is 0 Å². The molecule has 3 heterocycles. The van der Waals surface area contributed by atoms with Gasteiger partial charge in [0.25, 0.3) is 0 Å². The molecule has 0 bridgehead atoms. The molecule has 0 radical (unpaired) electrons. The normalized spacial score (nSPS) is 14.2. The highest BCUT2D eigenvalue weighted by Gasteiger charge is 2.38. The van der Waals surface area contributed by atoms with Gasteiger partial charge >= 0.3 is 0 Å². The van der Waals surface area contributed by atoms with E-state index in [1.807, 2.05) is 0 Å². The molecule has 1 atom stereocenters. The first-order valence-corrected chi connectivity index (χ1v) is 20.2. The summed E-state index contributed by atoms with van der Waals surface area (Å²) in [4.78, 5) is 11.2. The van der Waals surface area contributed by atoms with Crippen LogP contribution in [-0.2, 0) is 6.42 Å². The first-order valence-electron chi connectivity index (χ1n) is 19.3. The molecule has 0 saturated heterocycles. The third-order valence-electron chi connectivity index (χ3n) is 12.4. The minimum absolute atomic E-state index is 0.272. The van der Waals surface area contributed by atoms with Gasteiger partial charge in [0, 0.05) is 37.9 Å².